The Morgan fingerprint density at radius 2 is 1.69 bits per heavy atom. The van der Waals surface area contributed by atoms with Crippen molar-refractivity contribution in [3.05, 3.63) is 52.5 Å². The minimum atomic E-state index is -0.766. The first-order chi connectivity index (χ1) is 15.4. The molecule has 0 spiro atoms. The van der Waals surface area contributed by atoms with Crippen LogP contribution in [0.25, 0.3) is 0 Å². The van der Waals surface area contributed by atoms with Gasteiger partial charge in [-0.15, -0.1) is 0 Å². The van der Waals surface area contributed by atoms with E-state index < -0.39 is 24.4 Å². The highest BCUT2D eigenvalue weighted by molar-refractivity contribution is 6.32. The third kappa shape index (κ3) is 5.61. The minimum absolute atomic E-state index is 0.115. The van der Waals surface area contributed by atoms with Crippen LogP contribution in [0.1, 0.15) is 34.6 Å². The third-order valence-corrected chi connectivity index (χ3v) is 5.02. The molecule has 10 heteroatoms. The van der Waals surface area contributed by atoms with Gasteiger partial charge in [0.1, 0.15) is 13.2 Å². The molecule has 0 radical (unpaired) electrons. The maximum Gasteiger partial charge on any atom is 0.338 e. The molecule has 2 aromatic rings. The molecule has 1 aliphatic heterocycles. The second kappa shape index (κ2) is 10.7. The highest BCUT2D eigenvalue weighted by Crippen LogP contribution is 2.38. The van der Waals surface area contributed by atoms with Gasteiger partial charge in [-0.3, -0.25) is 20.4 Å². The van der Waals surface area contributed by atoms with Crippen LogP contribution in [-0.2, 0) is 9.53 Å². The van der Waals surface area contributed by atoms with E-state index in [0.717, 1.165) is 18.8 Å². The Morgan fingerprint density at radius 3 is 2.38 bits per heavy atom. The lowest BCUT2D eigenvalue weighted by Crippen LogP contribution is -2.43. The largest absolute Gasteiger partial charge is 0.486 e. The van der Waals surface area contributed by atoms with Gasteiger partial charge >= 0.3 is 5.97 Å². The molecule has 0 atom stereocenters. The zero-order chi connectivity index (χ0) is 23.1. The Morgan fingerprint density at radius 1 is 1.00 bits per heavy atom. The monoisotopic (exact) mass is 461 g/mol. The zero-order valence-electron chi connectivity index (χ0n) is 17.8. The number of hydrazine groups is 1. The summed E-state index contributed by atoms with van der Waals surface area (Å²) in [5, 5.41) is 0.206. The number of benzene rings is 2. The number of rotatable bonds is 7. The highest BCUT2D eigenvalue weighted by Gasteiger charge is 2.20. The first-order valence-corrected chi connectivity index (χ1v) is 10.5. The molecule has 1 heterocycles. The summed E-state index contributed by atoms with van der Waals surface area (Å²) in [7, 11) is 0. The van der Waals surface area contributed by atoms with E-state index in [-0.39, 0.29) is 10.6 Å². The van der Waals surface area contributed by atoms with E-state index in [1.165, 1.54) is 12.1 Å². The predicted molar refractivity (Wildman–Crippen MR) is 118 cm³/mol. The van der Waals surface area contributed by atoms with Gasteiger partial charge in [-0.25, -0.2) is 4.79 Å². The number of fused-ring (bicyclic) bond motifs is 1. The maximum absolute atomic E-state index is 12.2. The standard InChI is InChI=1S/C22H24ClN3O6/c1-3-26(4-2)16-7-5-14(6-8-16)21(28)25-24-19(27)13-32-22(29)15-11-17(23)20-18(12-15)30-9-10-31-20/h5-8,11-12H,3-4,9-10,13H2,1-2H3,(H,24,27)(H,25,28). The van der Waals surface area contributed by atoms with E-state index in [9.17, 15) is 14.4 Å². The summed E-state index contributed by atoms with van der Waals surface area (Å²) in [6.45, 7) is 5.92. The topological polar surface area (TPSA) is 106 Å². The summed E-state index contributed by atoms with van der Waals surface area (Å²) >= 11 is 6.10. The molecular formula is C22H24ClN3O6. The van der Waals surface area contributed by atoms with E-state index in [0.29, 0.717) is 30.3 Å². The van der Waals surface area contributed by atoms with Gasteiger partial charge in [0.15, 0.2) is 18.1 Å². The quantitative estimate of drug-likeness (QED) is 0.482. The van der Waals surface area contributed by atoms with Gasteiger partial charge in [-0.2, -0.15) is 0 Å². The van der Waals surface area contributed by atoms with Gasteiger partial charge < -0.3 is 19.1 Å². The van der Waals surface area contributed by atoms with Crippen molar-refractivity contribution in [2.45, 2.75) is 13.8 Å². The lowest BCUT2D eigenvalue weighted by Gasteiger charge is -2.21. The van der Waals surface area contributed by atoms with Gasteiger partial charge in [-0.05, 0) is 50.2 Å². The summed E-state index contributed by atoms with van der Waals surface area (Å²) < 4.78 is 15.8. The van der Waals surface area contributed by atoms with E-state index in [2.05, 4.69) is 29.6 Å². The number of amides is 2. The van der Waals surface area contributed by atoms with Crippen molar-refractivity contribution in [1.29, 1.82) is 0 Å². The molecule has 0 aliphatic carbocycles. The number of ether oxygens (including phenoxy) is 3. The van der Waals surface area contributed by atoms with Crippen molar-refractivity contribution < 1.29 is 28.6 Å². The van der Waals surface area contributed by atoms with Gasteiger partial charge in [0.25, 0.3) is 11.8 Å². The lowest BCUT2D eigenvalue weighted by molar-refractivity contribution is -0.125. The van der Waals surface area contributed by atoms with E-state index in [1.54, 1.807) is 12.1 Å². The summed E-state index contributed by atoms with van der Waals surface area (Å²) in [6, 6.07) is 9.82. The number of halogens is 1. The predicted octanol–water partition coefficient (Wildman–Crippen LogP) is 2.58. The summed E-state index contributed by atoms with van der Waals surface area (Å²) in [5.41, 5.74) is 6.00. The van der Waals surface area contributed by atoms with Crippen molar-refractivity contribution >= 4 is 35.1 Å². The zero-order valence-corrected chi connectivity index (χ0v) is 18.5. The average molecular weight is 462 g/mol. The number of hydrogen-bond acceptors (Lipinski definition) is 7. The van der Waals surface area contributed by atoms with Crippen LogP contribution in [0.3, 0.4) is 0 Å². The van der Waals surface area contributed by atoms with Crippen molar-refractivity contribution in [3.63, 3.8) is 0 Å². The third-order valence-electron chi connectivity index (χ3n) is 4.74. The molecule has 0 bridgehead atoms. The molecule has 0 aromatic heterocycles. The molecule has 170 valence electrons. The Bertz CT molecular complexity index is 992. The fraction of sp³-hybridized carbons (Fsp3) is 0.318. The van der Waals surface area contributed by atoms with Crippen LogP contribution >= 0.6 is 11.6 Å². The molecule has 0 unspecified atom stereocenters. The van der Waals surface area contributed by atoms with Crippen molar-refractivity contribution in [3.8, 4) is 11.5 Å². The van der Waals surface area contributed by atoms with Gasteiger partial charge in [0, 0.05) is 24.3 Å². The van der Waals surface area contributed by atoms with Crippen molar-refractivity contribution in [2.24, 2.45) is 0 Å². The highest BCUT2D eigenvalue weighted by atomic mass is 35.5. The van der Waals surface area contributed by atoms with Crippen LogP contribution in [0.15, 0.2) is 36.4 Å². The molecule has 2 N–H and O–H groups in total. The van der Waals surface area contributed by atoms with Gasteiger partial charge in [0.05, 0.1) is 10.6 Å². The van der Waals surface area contributed by atoms with Crippen molar-refractivity contribution in [2.75, 3.05) is 37.8 Å². The normalized spacial score (nSPS) is 12.0. The van der Waals surface area contributed by atoms with E-state index >= 15 is 0 Å². The first kappa shape index (κ1) is 23.2. The number of nitrogens with zero attached hydrogens (tertiary/aromatic N) is 1. The number of anilines is 1. The Labute approximate surface area is 190 Å². The van der Waals surface area contributed by atoms with Crippen LogP contribution in [0.2, 0.25) is 5.02 Å². The van der Waals surface area contributed by atoms with Crippen molar-refractivity contribution in [1.82, 2.24) is 10.9 Å². The Balaban J connectivity index is 1.48. The fourth-order valence-corrected chi connectivity index (χ4v) is 3.36. The molecule has 3 rings (SSSR count). The maximum atomic E-state index is 12.2. The minimum Gasteiger partial charge on any atom is -0.486 e. The van der Waals surface area contributed by atoms with E-state index in [1.807, 2.05) is 12.1 Å². The Kier molecular flexibility index (Phi) is 7.77. The smallest absolute Gasteiger partial charge is 0.338 e. The number of carbonyl (C=O) groups excluding carboxylic acids is 3. The summed E-state index contributed by atoms with van der Waals surface area (Å²) in [4.78, 5) is 38.6. The molecule has 32 heavy (non-hydrogen) atoms. The number of hydrogen-bond donors (Lipinski definition) is 2. The summed E-state index contributed by atoms with van der Waals surface area (Å²) in [5.74, 6) is -1.26. The molecule has 9 nitrogen and oxygen atoms in total. The van der Waals surface area contributed by atoms with Gasteiger partial charge in [0.2, 0.25) is 0 Å². The SMILES string of the molecule is CCN(CC)c1ccc(C(=O)NNC(=O)COC(=O)c2cc(Cl)c3c(c2)OCCO3)cc1. The molecular weight excluding hydrogens is 438 g/mol. The van der Waals surface area contributed by atoms with E-state index in [4.69, 9.17) is 25.8 Å². The second-order valence-corrected chi connectivity index (χ2v) is 7.19. The molecule has 1 aliphatic rings. The van der Waals surface area contributed by atoms with Crippen LogP contribution in [0, 0.1) is 0 Å². The van der Waals surface area contributed by atoms with Crippen LogP contribution in [0.5, 0.6) is 11.5 Å². The second-order valence-electron chi connectivity index (χ2n) is 6.78. The average Bonchev–Trinajstić information content (AvgIpc) is 2.82. The first-order valence-electron chi connectivity index (χ1n) is 10.1. The fourth-order valence-electron chi connectivity index (χ4n) is 3.09. The molecule has 0 saturated heterocycles. The summed E-state index contributed by atoms with van der Waals surface area (Å²) in [6.07, 6.45) is 0. The lowest BCUT2D eigenvalue weighted by atomic mass is 10.2. The molecule has 2 aromatic carbocycles. The number of carbonyl (C=O) groups is 3. The molecule has 0 fully saturated rings. The van der Waals surface area contributed by atoms with Gasteiger partial charge in [-0.1, -0.05) is 11.6 Å². The van der Waals surface area contributed by atoms with Crippen LogP contribution in [-0.4, -0.2) is 50.7 Å². The molecule has 2 amide bonds. The van der Waals surface area contributed by atoms with Crippen LogP contribution < -0.4 is 25.2 Å². The number of nitrogens with one attached hydrogen (secondary N) is 2. The number of esters is 1. The van der Waals surface area contributed by atoms with Crippen LogP contribution in [0.4, 0.5) is 5.69 Å². The molecule has 0 saturated carbocycles. The Hall–Kier alpha value is -3.46.